The van der Waals surface area contributed by atoms with E-state index in [0.29, 0.717) is 12.2 Å². The van der Waals surface area contributed by atoms with Crippen LogP contribution >= 0.6 is 0 Å². The van der Waals surface area contributed by atoms with E-state index in [9.17, 15) is 10.1 Å². The van der Waals surface area contributed by atoms with Crippen molar-refractivity contribution in [1.29, 1.82) is 5.26 Å². The molecule has 0 bridgehead atoms. The van der Waals surface area contributed by atoms with Crippen molar-refractivity contribution in [3.8, 4) is 6.07 Å². The van der Waals surface area contributed by atoms with Crippen LogP contribution in [0.3, 0.4) is 0 Å². The van der Waals surface area contributed by atoms with Crippen molar-refractivity contribution < 1.29 is 4.79 Å². The molecule has 0 atom stereocenters. The van der Waals surface area contributed by atoms with E-state index in [0.717, 1.165) is 11.3 Å². The Hall–Kier alpha value is -3.06. The first kappa shape index (κ1) is 16.3. The van der Waals surface area contributed by atoms with E-state index in [-0.39, 0.29) is 5.57 Å². The minimum Gasteiger partial charge on any atom is -0.347 e. The number of hydrogen-bond acceptors (Lipinski definition) is 3. The van der Waals surface area contributed by atoms with Crippen LogP contribution < -0.4 is 10.2 Å². The summed E-state index contributed by atoms with van der Waals surface area (Å²) in [4.78, 5) is 14.1. The number of nitriles is 1. The lowest BCUT2D eigenvalue weighted by atomic mass is 10.2. The molecule has 0 aliphatic heterocycles. The number of rotatable bonds is 5. The standard InChI is InChI=1S/C19H19N3O/c1-3-22(18-11-7-8-15(2)12-18)14-16(13-20)19(23)21-17-9-5-4-6-10-17/h4-12,14H,3H2,1-2H3,(H,21,23). The fourth-order valence-corrected chi connectivity index (χ4v) is 2.17. The van der Waals surface area contributed by atoms with Gasteiger partial charge in [-0.3, -0.25) is 4.79 Å². The first-order valence-electron chi connectivity index (χ1n) is 7.45. The molecule has 0 fully saturated rings. The number of nitrogens with one attached hydrogen (secondary N) is 1. The fraction of sp³-hybridized carbons (Fsp3) is 0.158. The molecule has 0 aliphatic carbocycles. The highest BCUT2D eigenvalue weighted by Gasteiger charge is 2.12. The first-order valence-corrected chi connectivity index (χ1v) is 7.45. The van der Waals surface area contributed by atoms with Crippen molar-refractivity contribution >= 4 is 17.3 Å². The van der Waals surface area contributed by atoms with Gasteiger partial charge in [0.2, 0.25) is 0 Å². The molecule has 0 aliphatic rings. The van der Waals surface area contributed by atoms with Gasteiger partial charge < -0.3 is 10.2 Å². The maximum Gasteiger partial charge on any atom is 0.267 e. The van der Waals surface area contributed by atoms with Gasteiger partial charge in [-0.15, -0.1) is 0 Å². The van der Waals surface area contributed by atoms with Crippen LogP contribution in [-0.2, 0) is 4.79 Å². The summed E-state index contributed by atoms with van der Waals surface area (Å²) in [6.45, 7) is 4.64. The molecule has 0 aromatic heterocycles. The highest BCUT2D eigenvalue weighted by Crippen LogP contribution is 2.17. The third-order valence-corrected chi connectivity index (χ3v) is 3.36. The summed E-state index contributed by atoms with van der Waals surface area (Å²) in [6, 6.07) is 19.0. The van der Waals surface area contributed by atoms with E-state index >= 15 is 0 Å². The Morgan fingerprint density at radius 2 is 1.96 bits per heavy atom. The Morgan fingerprint density at radius 1 is 1.22 bits per heavy atom. The molecule has 0 radical (unpaired) electrons. The molecule has 116 valence electrons. The molecule has 2 aromatic rings. The number of anilines is 2. The average Bonchev–Trinajstić information content (AvgIpc) is 2.56. The highest BCUT2D eigenvalue weighted by molar-refractivity contribution is 6.06. The van der Waals surface area contributed by atoms with Crippen LogP contribution in [0.5, 0.6) is 0 Å². The number of carbonyl (C=O) groups is 1. The Balaban J connectivity index is 2.22. The maximum absolute atomic E-state index is 12.3. The predicted octanol–water partition coefficient (Wildman–Crippen LogP) is 3.87. The lowest BCUT2D eigenvalue weighted by Gasteiger charge is -2.19. The van der Waals surface area contributed by atoms with E-state index in [1.54, 1.807) is 18.3 Å². The summed E-state index contributed by atoms with van der Waals surface area (Å²) in [5, 5.41) is 12.0. The molecule has 0 unspecified atom stereocenters. The number of aryl methyl sites for hydroxylation is 1. The number of benzene rings is 2. The van der Waals surface area contributed by atoms with Gasteiger partial charge in [0, 0.05) is 24.1 Å². The first-order chi connectivity index (χ1) is 11.1. The summed E-state index contributed by atoms with van der Waals surface area (Å²) in [5.74, 6) is -0.412. The van der Waals surface area contributed by atoms with Crippen molar-refractivity contribution in [2.24, 2.45) is 0 Å². The zero-order chi connectivity index (χ0) is 16.7. The second kappa shape index (κ2) is 7.81. The Kier molecular flexibility index (Phi) is 5.54. The van der Waals surface area contributed by atoms with Crippen LogP contribution in [0, 0.1) is 18.3 Å². The molecular formula is C19H19N3O. The maximum atomic E-state index is 12.3. The number of amides is 1. The number of nitrogens with zero attached hydrogens (tertiary/aromatic N) is 2. The Morgan fingerprint density at radius 3 is 2.57 bits per heavy atom. The predicted molar refractivity (Wildman–Crippen MR) is 93.0 cm³/mol. The van der Waals surface area contributed by atoms with Gasteiger partial charge in [0.15, 0.2) is 0 Å². The van der Waals surface area contributed by atoms with Crippen LogP contribution in [0.4, 0.5) is 11.4 Å². The summed E-state index contributed by atoms with van der Waals surface area (Å²) in [5.41, 5.74) is 2.81. The van der Waals surface area contributed by atoms with Crippen molar-refractivity contribution in [2.45, 2.75) is 13.8 Å². The normalized spacial score (nSPS) is 10.7. The third kappa shape index (κ3) is 4.45. The van der Waals surface area contributed by atoms with E-state index < -0.39 is 5.91 Å². The van der Waals surface area contributed by atoms with Gasteiger partial charge in [0.25, 0.3) is 5.91 Å². The van der Waals surface area contributed by atoms with E-state index in [1.807, 2.05) is 67.3 Å². The molecule has 0 heterocycles. The highest BCUT2D eigenvalue weighted by atomic mass is 16.1. The molecule has 0 spiro atoms. The van der Waals surface area contributed by atoms with E-state index in [2.05, 4.69) is 5.32 Å². The minimum absolute atomic E-state index is 0.0669. The van der Waals surface area contributed by atoms with E-state index in [1.165, 1.54) is 0 Å². The number of hydrogen-bond donors (Lipinski definition) is 1. The van der Waals surface area contributed by atoms with Crippen LogP contribution in [0.25, 0.3) is 0 Å². The van der Waals surface area contributed by atoms with Crippen LogP contribution in [-0.4, -0.2) is 12.5 Å². The number of para-hydroxylation sites is 1. The van der Waals surface area contributed by atoms with Crippen molar-refractivity contribution in [1.82, 2.24) is 0 Å². The Labute approximate surface area is 136 Å². The fourth-order valence-electron chi connectivity index (χ4n) is 2.17. The second-order valence-electron chi connectivity index (χ2n) is 5.10. The number of carbonyl (C=O) groups excluding carboxylic acids is 1. The van der Waals surface area contributed by atoms with Gasteiger partial charge in [0.1, 0.15) is 11.6 Å². The van der Waals surface area contributed by atoms with Crippen LogP contribution in [0.2, 0.25) is 0 Å². The molecule has 1 N–H and O–H groups in total. The second-order valence-corrected chi connectivity index (χ2v) is 5.10. The summed E-state index contributed by atoms with van der Waals surface area (Å²) >= 11 is 0. The summed E-state index contributed by atoms with van der Waals surface area (Å²) in [7, 11) is 0. The topological polar surface area (TPSA) is 56.1 Å². The Bertz CT molecular complexity index is 745. The van der Waals surface area contributed by atoms with Gasteiger partial charge in [-0.1, -0.05) is 30.3 Å². The molecule has 2 rings (SSSR count). The average molecular weight is 305 g/mol. The quantitative estimate of drug-likeness (QED) is 0.674. The van der Waals surface area contributed by atoms with Gasteiger partial charge in [-0.05, 0) is 43.7 Å². The molecule has 23 heavy (non-hydrogen) atoms. The molecule has 4 nitrogen and oxygen atoms in total. The lowest BCUT2D eigenvalue weighted by molar-refractivity contribution is -0.112. The molecule has 0 saturated heterocycles. The smallest absolute Gasteiger partial charge is 0.267 e. The van der Waals surface area contributed by atoms with Gasteiger partial charge in [-0.25, -0.2) is 0 Å². The molecule has 0 saturated carbocycles. The zero-order valence-electron chi connectivity index (χ0n) is 13.3. The van der Waals surface area contributed by atoms with Crippen LogP contribution in [0.15, 0.2) is 66.4 Å². The van der Waals surface area contributed by atoms with Crippen LogP contribution in [0.1, 0.15) is 12.5 Å². The molecule has 2 aromatic carbocycles. The summed E-state index contributed by atoms with van der Waals surface area (Å²) in [6.07, 6.45) is 1.59. The molecular weight excluding hydrogens is 286 g/mol. The largest absolute Gasteiger partial charge is 0.347 e. The van der Waals surface area contributed by atoms with Crippen molar-refractivity contribution in [3.05, 3.63) is 71.9 Å². The third-order valence-electron chi connectivity index (χ3n) is 3.36. The van der Waals surface area contributed by atoms with E-state index in [4.69, 9.17) is 0 Å². The SMILES string of the molecule is CCN(C=C(C#N)C(=O)Nc1ccccc1)c1cccc(C)c1. The van der Waals surface area contributed by atoms with Crippen molar-refractivity contribution in [2.75, 3.05) is 16.8 Å². The van der Waals surface area contributed by atoms with Gasteiger partial charge in [0.05, 0.1) is 0 Å². The summed E-state index contributed by atoms with van der Waals surface area (Å²) < 4.78 is 0. The monoisotopic (exact) mass is 305 g/mol. The van der Waals surface area contributed by atoms with Gasteiger partial charge >= 0.3 is 0 Å². The molecule has 4 heteroatoms. The minimum atomic E-state index is -0.412. The lowest BCUT2D eigenvalue weighted by Crippen LogP contribution is -2.20. The molecule has 1 amide bonds. The zero-order valence-corrected chi connectivity index (χ0v) is 13.3. The van der Waals surface area contributed by atoms with Gasteiger partial charge in [-0.2, -0.15) is 5.26 Å². The van der Waals surface area contributed by atoms with Crippen molar-refractivity contribution in [3.63, 3.8) is 0 Å².